The Bertz CT molecular complexity index is 471. The largest absolute Gasteiger partial charge is 0.396 e. The van der Waals surface area contributed by atoms with Crippen LogP contribution in [0.15, 0.2) is 11.2 Å². The fraction of sp³-hybridized carbons (Fsp3) is 0.700. The first-order valence-corrected chi connectivity index (χ1v) is 6.77. The summed E-state index contributed by atoms with van der Waals surface area (Å²) in [6, 6.07) is 0. The van der Waals surface area contributed by atoms with Gasteiger partial charge in [0.15, 0.2) is 5.03 Å². The van der Waals surface area contributed by atoms with Gasteiger partial charge in [-0.2, -0.15) is 0 Å². The Hall–Kier alpha value is -0.920. The minimum atomic E-state index is -3.60. The summed E-state index contributed by atoms with van der Waals surface area (Å²) in [5.41, 5.74) is -0.489. The van der Waals surface area contributed by atoms with Gasteiger partial charge in [0.25, 0.3) is 10.0 Å². The van der Waals surface area contributed by atoms with Gasteiger partial charge in [0.1, 0.15) is 5.82 Å². The van der Waals surface area contributed by atoms with Crippen LogP contribution < -0.4 is 4.72 Å². The van der Waals surface area contributed by atoms with Gasteiger partial charge in [0.2, 0.25) is 0 Å². The van der Waals surface area contributed by atoms with Crippen LogP contribution in [0.1, 0.15) is 19.7 Å². The van der Waals surface area contributed by atoms with Crippen molar-refractivity contribution in [3.8, 4) is 0 Å². The smallest absolute Gasteiger partial charge is 0.259 e. The number of aliphatic hydroxyl groups excluding tert-OH is 1. The van der Waals surface area contributed by atoms with E-state index in [0.29, 0.717) is 5.82 Å². The van der Waals surface area contributed by atoms with E-state index in [1.165, 1.54) is 6.20 Å². The van der Waals surface area contributed by atoms with Gasteiger partial charge in [-0.1, -0.05) is 13.8 Å². The fourth-order valence-electron chi connectivity index (χ4n) is 1.08. The lowest BCUT2D eigenvalue weighted by Gasteiger charge is -2.21. The Balaban J connectivity index is 2.83. The third-order valence-corrected chi connectivity index (χ3v) is 3.80. The van der Waals surface area contributed by atoms with Crippen LogP contribution in [-0.2, 0) is 17.1 Å². The number of aromatic nitrogens is 2. The second-order valence-corrected chi connectivity index (χ2v) is 6.60. The zero-order chi connectivity index (χ0) is 13.3. The van der Waals surface area contributed by atoms with Crippen molar-refractivity contribution in [3.63, 3.8) is 0 Å². The Morgan fingerprint density at radius 3 is 2.53 bits per heavy atom. The van der Waals surface area contributed by atoms with Gasteiger partial charge >= 0.3 is 0 Å². The Morgan fingerprint density at radius 1 is 1.53 bits per heavy atom. The van der Waals surface area contributed by atoms with Gasteiger partial charge < -0.3 is 9.67 Å². The fourth-order valence-corrected chi connectivity index (χ4v) is 2.35. The lowest BCUT2D eigenvalue weighted by molar-refractivity contribution is 0.163. The molecule has 1 rings (SSSR count). The number of hydrogen-bond donors (Lipinski definition) is 2. The van der Waals surface area contributed by atoms with E-state index in [4.69, 9.17) is 5.11 Å². The molecule has 1 aromatic heterocycles. The number of sulfonamides is 1. The van der Waals surface area contributed by atoms with Crippen LogP contribution in [0.3, 0.4) is 0 Å². The summed E-state index contributed by atoms with van der Waals surface area (Å²) in [6.45, 7) is 5.37. The van der Waals surface area contributed by atoms with E-state index in [0.717, 1.165) is 0 Å². The van der Waals surface area contributed by atoms with E-state index in [2.05, 4.69) is 9.71 Å². The number of imidazole rings is 1. The van der Waals surface area contributed by atoms with E-state index in [1.807, 2.05) is 0 Å². The molecule has 0 spiro atoms. The molecule has 0 saturated carbocycles. The lowest BCUT2D eigenvalue weighted by Crippen LogP contribution is -2.36. The molecule has 0 unspecified atom stereocenters. The van der Waals surface area contributed by atoms with Crippen molar-refractivity contribution in [1.29, 1.82) is 0 Å². The molecule has 98 valence electrons. The second-order valence-electron chi connectivity index (χ2n) is 4.88. The van der Waals surface area contributed by atoms with E-state index >= 15 is 0 Å². The van der Waals surface area contributed by atoms with E-state index < -0.39 is 15.4 Å². The molecule has 0 saturated heterocycles. The zero-order valence-electron chi connectivity index (χ0n) is 10.6. The molecule has 0 radical (unpaired) electrons. The van der Waals surface area contributed by atoms with E-state index in [9.17, 15) is 8.42 Å². The van der Waals surface area contributed by atoms with Gasteiger partial charge in [-0.25, -0.2) is 18.1 Å². The van der Waals surface area contributed by atoms with Crippen LogP contribution >= 0.6 is 0 Å². The summed E-state index contributed by atoms with van der Waals surface area (Å²) in [7, 11) is -1.86. The van der Waals surface area contributed by atoms with Crippen LogP contribution in [0.5, 0.6) is 0 Å². The lowest BCUT2D eigenvalue weighted by atomic mass is 9.96. The number of nitrogens with zero attached hydrogens (tertiary/aromatic N) is 2. The van der Waals surface area contributed by atoms with Crippen molar-refractivity contribution in [2.24, 2.45) is 12.5 Å². The standard InChI is InChI=1S/C10H19N3O3S/c1-8-12-9(5-13(8)4)17(15,16)11-6-10(2,3)7-14/h5,11,14H,6-7H2,1-4H3. The molecular weight excluding hydrogens is 242 g/mol. The molecule has 0 aliphatic carbocycles. The summed E-state index contributed by atoms with van der Waals surface area (Å²) in [6.07, 6.45) is 1.46. The summed E-state index contributed by atoms with van der Waals surface area (Å²) < 4.78 is 27.9. The number of rotatable bonds is 5. The van der Waals surface area contributed by atoms with Gasteiger partial charge in [-0.05, 0) is 6.92 Å². The number of aliphatic hydroxyl groups is 1. The predicted octanol–water partition coefficient (Wildman–Crippen LogP) is 0.0253. The maximum atomic E-state index is 11.9. The summed E-state index contributed by atoms with van der Waals surface area (Å²) >= 11 is 0. The zero-order valence-corrected chi connectivity index (χ0v) is 11.4. The molecule has 7 heteroatoms. The first-order valence-electron chi connectivity index (χ1n) is 5.28. The quantitative estimate of drug-likeness (QED) is 0.783. The first kappa shape index (κ1) is 14.1. The minimum Gasteiger partial charge on any atom is -0.396 e. The number of hydrogen-bond acceptors (Lipinski definition) is 4. The highest BCUT2D eigenvalue weighted by Crippen LogP contribution is 2.14. The summed E-state index contributed by atoms with van der Waals surface area (Å²) in [5.74, 6) is 0.631. The molecule has 6 nitrogen and oxygen atoms in total. The van der Waals surface area contributed by atoms with Gasteiger partial charge in [0.05, 0.1) is 0 Å². The molecule has 0 atom stereocenters. The monoisotopic (exact) mass is 261 g/mol. The summed E-state index contributed by atoms with van der Waals surface area (Å²) in [4.78, 5) is 3.96. The summed E-state index contributed by atoms with van der Waals surface area (Å²) in [5, 5.41) is 9.06. The van der Waals surface area contributed by atoms with Crippen LogP contribution in [0.25, 0.3) is 0 Å². The highest BCUT2D eigenvalue weighted by molar-refractivity contribution is 7.89. The number of aryl methyl sites for hydroxylation is 2. The molecule has 1 heterocycles. The molecule has 0 fully saturated rings. The third kappa shape index (κ3) is 3.52. The van der Waals surface area contributed by atoms with Gasteiger partial charge in [-0.15, -0.1) is 0 Å². The van der Waals surface area contributed by atoms with Crippen molar-refractivity contribution < 1.29 is 13.5 Å². The van der Waals surface area contributed by atoms with Crippen LogP contribution in [0, 0.1) is 12.3 Å². The van der Waals surface area contributed by atoms with Crippen molar-refractivity contribution in [2.75, 3.05) is 13.2 Å². The maximum Gasteiger partial charge on any atom is 0.259 e. The average Bonchev–Trinajstić information content (AvgIpc) is 2.58. The predicted molar refractivity (Wildman–Crippen MR) is 64.0 cm³/mol. The first-order chi connectivity index (χ1) is 7.68. The topological polar surface area (TPSA) is 84.2 Å². The average molecular weight is 261 g/mol. The minimum absolute atomic E-state index is 0.00578. The van der Waals surface area contributed by atoms with Crippen molar-refractivity contribution in [2.45, 2.75) is 25.8 Å². The normalized spacial score (nSPS) is 13.0. The van der Waals surface area contributed by atoms with Crippen LogP contribution in [0.2, 0.25) is 0 Å². The highest BCUT2D eigenvalue weighted by atomic mass is 32.2. The molecule has 0 aliphatic heterocycles. The molecule has 1 aromatic rings. The molecule has 2 N–H and O–H groups in total. The van der Waals surface area contributed by atoms with Gasteiger partial charge in [-0.3, -0.25) is 0 Å². The molecule has 0 aliphatic rings. The Kier molecular flexibility index (Phi) is 3.95. The molecule has 0 amide bonds. The molecule has 0 bridgehead atoms. The second kappa shape index (κ2) is 4.75. The molecule has 0 aromatic carbocycles. The van der Waals surface area contributed by atoms with Crippen molar-refractivity contribution in [1.82, 2.24) is 14.3 Å². The van der Waals surface area contributed by atoms with E-state index in [-0.39, 0.29) is 18.2 Å². The number of nitrogens with one attached hydrogen (secondary N) is 1. The van der Waals surface area contributed by atoms with E-state index in [1.54, 1.807) is 32.4 Å². The molecular formula is C10H19N3O3S. The highest BCUT2D eigenvalue weighted by Gasteiger charge is 2.23. The third-order valence-electron chi connectivity index (χ3n) is 2.53. The Labute approximate surface area is 102 Å². The van der Waals surface area contributed by atoms with Crippen LogP contribution in [-0.4, -0.2) is 36.2 Å². The van der Waals surface area contributed by atoms with Crippen molar-refractivity contribution in [3.05, 3.63) is 12.0 Å². The SMILES string of the molecule is Cc1nc(S(=O)(=O)NCC(C)(C)CO)cn1C. The Morgan fingerprint density at radius 2 is 2.12 bits per heavy atom. The van der Waals surface area contributed by atoms with Gasteiger partial charge in [0, 0.05) is 31.8 Å². The maximum absolute atomic E-state index is 11.9. The molecule has 17 heavy (non-hydrogen) atoms. The van der Waals surface area contributed by atoms with Crippen LogP contribution in [0.4, 0.5) is 0 Å². The van der Waals surface area contributed by atoms with Crippen molar-refractivity contribution >= 4 is 10.0 Å².